The van der Waals surface area contributed by atoms with Gasteiger partial charge in [-0.1, -0.05) is 12.1 Å². The van der Waals surface area contributed by atoms with Gasteiger partial charge in [0.25, 0.3) is 0 Å². The molecule has 1 unspecified atom stereocenters. The van der Waals surface area contributed by atoms with Crippen LogP contribution in [0.4, 0.5) is 13.2 Å². The van der Waals surface area contributed by atoms with Gasteiger partial charge in [-0.15, -0.1) is 0 Å². The third-order valence-corrected chi connectivity index (χ3v) is 3.99. The molecule has 1 aromatic carbocycles. The summed E-state index contributed by atoms with van der Waals surface area (Å²) in [6.07, 6.45) is -3.39. The lowest BCUT2D eigenvalue weighted by atomic mass is 10.0. The summed E-state index contributed by atoms with van der Waals surface area (Å²) in [5, 5.41) is 0. The van der Waals surface area contributed by atoms with Crippen LogP contribution in [0, 0.1) is 0 Å². The van der Waals surface area contributed by atoms with Crippen LogP contribution in [-0.4, -0.2) is 49.4 Å². The fraction of sp³-hybridized carbons (Fsp3) is 0.588. The van der Waals surface area contributed by atoms with Gasteiger partial charge in [0, 0.05) is 19.7 Å². The fourth-order valence-corrected chi connectivity index (χ4v) is 3.00. The maximum atomic E-state index is 12.7. The van der Waals surface area contributed by atoms with Gasteiger partial charge in [-0.25, -0.2) is 0 Å². The maximum Gasteiger partial charge on any atom is 0.471 e. The van der Waals surface area contributed by atoms with Crippen molar-refractivity contribution in [2.75, 3.05) is 20.3 Å². The van der Waals surface area contributed by atoms with Crippen LogP contribution in [0.15, 0.2) is 24.3 Å². The molecule has 0 spiro atoms. The van der Waals surface area contributed by atoms with E-state index in [1.807, 2.05) is 13.0 Å². The van der Waals surface area contributed by atoms with E-state index in [4.69, 9.17) is 9.47 Å². The van der Waals surface area contributed by atoms with Crippen LogP contribution in [0.3, 0.4) is 0 Å². The van der Waals surface area contributed by atoms with E-state index in [1.165, 1.54) is 0 Å². The summed E-state index contributed by atoms with van der Waals surface area (Å²) in [6, 6.07) is 6.81. The average Bonchev–Trinajstić information content (AvgIpc) is 2.94. The minimum Gasteiger partial charge on any atom is -0.488 e. The molecule has 24 heavy (non-hydrogen) atoms. The number of rotatable bonds is 6. The Morgan fingerprint density at radius 1 is 1.42 bits per heavy atom. The Morgan fingerprint density at radius 3 is 2.83 bits per heavy atom. The summed E-state index contributed by atoms with van der Waals surface area (Å²) < 4.78 is 48.7. The van der Waals surface area contributed by atoms with Gasteiger partial charge < -0.3 is 14.4 Å². The van der Waals surface area contributed by atoms with E-state index >= 15 is 0 Å². The molecule has 1 fully saturated rings. The third-order valence-electron chi connectivity index (χ3n) is 3.99. The van der Waals surface area contributed by atoms with Gasteiger partial charge in [0.2, 0.25) is 0 Å². The highest BCUT2D eigenvalue weighted by atomic mass is 19.4. The molecule has 134 valence electrons. The van der Waals surface area contributed by atoms with E-state index in [2.05, 4.69) is 0 Å². The number of nitrogens with zero attached hydrogens (tertiary/aromatic N) is 1. The smallest absolute Gasteiger partial charge is 0.471 e. The van der Waals surface area contributed by atoms with Crippen LogP contribution < -0.4 is 4.74 Å². The molecule has 1 heterocycles. The van der Waals surface area contributed by atoms with Crippen LogP contribution in [0.2, 0.25) is 0 Å². The van der Waals surface area contributed by atoms with Gasteiger partial charge in [0.1, 0.15) is 11.9 Å². The summed E-state index contributed by atoms with van der Waals surface area (Å²) in [5.41, 5.74) is 0.851. The number of hydrogen-bond acceptors (Lipinski definition) is 3. The number of hydrogen-bond donors (Lipinski definition) is 0. The zero-order valence-electron chi connectivity index (χ0n) is 13.8. The first-order chi connectivity index (χ1) is 11.3. The predicted octanol–water partition coefficient (Wildman–Crippen LogP) is 3.20. The predicted molar refractivity (Wildman–Crippen MR) is 82.9 cm³/mol. The number of amides is 1. The first-order valence-corrected chi connectivity index (χ1v) is 7.93. The lowest BCUT2D eigenvalue weighted by molar-refractivity contribution is -0.186. The molecule has 0 bridgehead atoms. The van der Waals surface area contributed by atoms with Crippen molar-refractivity contribution in [2.45, 2.75) is 44.5 Å². The lowest BCUT2D eigenvalue weighted by Crippen LogP contribution is -2.44. The van der Waals surface area contributed by atoms with Crippen molar-refractivity contribution < 1.29 is 27.4 Å². The molecular formula is C17H22F3NO3. The number of methoxy groups -OCH3 is 1. The standard InChI is InChI=1S/C17H22F3NO3/c1-12(11-23-2)24-15-7-3-5-13(10-15)9-14-6-4-8-21(14)16(22)17(18,19)20/h3,5,7,10,12,14H,4,6,8-9,11H2,1-2H3/t12-,14?/m1/s1. The zero-order valence-corrected chi connectivity index (χ0v) is 13.8. The molecule has 7 heteroatoms. The van der Waals surface area contributed by atoms with E-state index in [0.29, 0.717) is 31.6 Å². The molecule has 4 nitrogen and oxygen atoms in total. The van der Waals surface area contributed by atoms with Crippen LogP contribution >= 0.6 is 0 Å². The van der Waals surface area contributed by atoms with Crippen LogP contribution in [0.5, 0.6) is 5.75 Å². The van der Waals surface area contributed by atoms with E-state index in [-0.39, 0.29) is 12.6 Å². The summed E-state index contributed by atoms with van der Waals surface area (Å²) in [4.78, 5) is 12.5. The molecular weight excluding hydrogens is 323 g/mol. The van der Waals surface area contributed by atoms with E-state index in [1.54, 1.807) is 25.3 Å². The minimum absolute atomic E-state index is 0.125. The Hall–Kier alpha value is -1.76. The lowest BCUT2D eigenvalue weighted by Gasteiger charge is -2.25. The molecule has 2 rings (SSSR count). The van der Waals surface area contributed by atoms with E-state index in [0.717, 1.165) is 10.5 Å². The number of likely N-dealkylation sites (tertiary alicyclic amines) is 1. The van der Waals surface area contributed by atoms with Crippen LogP contribution in [0.25, 0.3) is 0 Å². The summed E-state index contributed by atoms with van der Waals surface area (Å²) in [7, 11) is 1.59. The minimum atomic E-state index is -4.82. The first kappa shape index (κ1) is 18.6. The Morgan fingerprint density at radius 2 is 2.17 bits per heavy atom. The first-order valence-electron chi connectivity index (χ1n) is 7.93. The highest BCUT2D eigenvalue weighted by Gasteiger charge is 2.45. The zero-order chi connectivity index (χ0) is 17.7. The van der Waals surface area contributed by atoms with Crippen molar-refractivity contribution in [3.63, 3.8) is 0 Å². The van der Waals surface area contributed by atoms with Gasteiger partial charge in [-0.2, -0.15) is 13.2 Å². The molecule has 0 radical (unpaired) electrons. The summed E-state index contributed by atoms with van der Waals surface area (Å²) >= 11 is 0. The molecule has 1 amide bonds. The number of ether oxygens (including phenoxy) is 2. The Kier molecular flexibility index (Phi) is 6.10. The monoisotopic (exact) mass is 345 g/mol. The van der Waals surface area contributed by atoms with Crippen LogP contribution in [-0.2, 0) is 16.0 Å². The van der Waals surface area contributed by atoms with Crippen molar-refractivity contribution in [1.29, 1.82) is 0 Å². The van der Waals surface area contributed by atoms with Crippen molar-refractivity contribution in [3.05, 3.63) is 29.8 Å². The summed E-state index contributed by atoms with van der Waals surface area (Å²) in [6.45, 7) is 2.47. The van der Waals surface area contributed by atoms with Gasteiger partial charge in [0.05, 0.1) is 6.61 Å². The molecule has 0 aliphatic carbocycles. The molecule has 0 N–H and O–H groups in total. The van der Waals surface area contributed by atoms with Gasteiger partial charge >= 0.3 is 12.1 Å². The second kappa shape index (κ2) is 7.88. The van der Waals surface area contributed by atoms with E-state index < -0.39 is 18.1 Å². The third kappa shape index (κ3) is 4.87. The topological polar surface area (TPSA) is 38.8 Å². The molecule has 1 aromatic rings. The molecule has 1 aliphatic heterocycles. The Balaban J connectivity index is 2.03. The van der Waals surface area contributed by atoms with Crippen molar-refractivity contribution >= 4 is 5.91 Å². The van der Waals surface area contributed by atoms with Crippen LogP contribution in [0.1, 0.15) is 25.3 Å². The second-order valence-corrected chi connectivity index (χ2v) is 6.03. The van der Waals surface area contributed by atoms with E-state index in [9.17, 15) is 18.0 Å². The normalized spacial score (nSPS) is 19.4. The van der Waals surface area contributed by atoms with Crippen molar-refractivity contribution in [3.8, 4) is 5.75 Å². The van der Waals surface area contributed by atoms with Gasteiger partial charge in [-0.3, -0.25) is 4.79 Å². The number of benzene rings is 1. The SMILES string of the molecule is COC[C@@H](C)Oc1cccc(CC2CCCN2C(=O)C(F)(F)F)c1. The van der Waals surface area contributed by atoms with Crippen molar-refractivity contribution in [2.24, 2.45) is 0 Å². The molecule has 0 aromatic heterocycles. The molecule has 2 atom stereocenters. The highest BCUT2D eigenvalue weighted by molar-refractivity contribution is 5.82. The quantitative estimate of drug-likeness (QED) is 0.795. The number of halogens is 3. The molecule has 0 saturated carbocycles. The number of carbonyl (C=O) groups is 1. The fourth-order valence-electron chi connectivity index (χ4n) is 3.00. The maximum absolute atomic E-state index is 12.7. The average molecular weight is 345 g/mol. The molecule has 1 saturated heterocycles. The number of alkyl halides is 3. The summed E-state index contributed by atoms with van der Waals surface area (Å²) in [5.74, 6) is -1.10. The Labute approximate surface area is 139 Å². The second-order valence-electron chi connectivity index (χ2n) is 6.03. The largest absolute Gasteiger partial charge is 0.488 e. The van der Waals surface area contributed by atoms with Crippen molar-refractivity contribution in [1.82, 2.24) is 4.90 Å². The van der Waals surface area contributed by atoms with Gasteiger partial charge in [0.15, 0.2) is 0 Å². The number of carbonyl (C=O) groups excluding carboxylic acids is 1. The highest BCUT2D eigenvalue weighted by Crippen LogP contribution is 2.28. The molecule has 1 aliphatic rings. The Bertz CT molecular complexity index is 562. The van der Waals surface area contributed by atoms with Gasteiger partial charge in [-0.05, 0) is 43.9 Å².